The summed E-state index contributed by atoms with van der Waals surface area (Å²) < 4.78 is 41.9. The van der Waals surface area contributed by atoms with Gasteiger partial charge in [-0.05, 0) is 72.2 Å². The van der Waals surface area contributed by atoms with Crippen molar-refractivity contribution in [2.75, 3.05) is 6.54 Å². The van der Waals surface area contributed by atoms with E-state index in [1.807, 2.05) is 0 Å². The maximum atomic E-state index is 14.5. The van der Waals surface area contributed by atoms with Crippen molar-refractivity contribution >= 4 is 16.8 Å². The summed E-state index contributed by atoms with van der Waals surface area (Å²) in [7, 11) is 0. The summed E-state index contributed by atoms with van der Waals surface area (Å²) >= 11 is 0. The second-order valence-corrected chi connectivity index (χ2v) is 8.07. The van der Waals surface area contributed by atoms with Crippen LogP contribution in [0.5, 0.6) is 0 Å². The Balaban J connectivity index is 1.39. The zero-order valence-electron chi connectivity index (χ0n) is 16.9. The predicted molar refractivity (Wildman–Crippen MR) is 113 cm³/mol. The number of benzene rings is 2. The van der Waals surface area contributed by atoms with E-state index in [9.17, 15) is 18.0 Å². The molecule has 1 saturated carbocycles. The van der Waals surface area contributed by atoms with Crippen molar-refractivity contribution in [1.29, 1.82) is 0 Å². The highest BCUT2D eigenvalue weighted by atomic mass is 19.1. The number of carbonyl (C=O) groups excluding carboxylic acids is 1. The van der Waals surface area contributed by atoms with Crippen LogP contribution in [-0.2, 0) is 0 Å². The van der Waals surface area contributed by atoms with E-state index < -0.39 is 11.6 Å². The van der Waals surface area contributed by atoms with E-state index in [0.717, 1.165) is 24.5 Å². The largest absolute Gasteiger partial charge is 0.352 e. The molecule has 5 nitrogen and oxygen atoms in total. The molecular formula is C24H19F3N4O. The Morgan fingerprint density at radius 1 is 1.06 bits per heavy atom. The third kappa shape index (κ3) is 3.72. The highest BCUT2D eigenvalue weighted by molar-refractivity contribution is 5.93. The predicted octanol–water partition coefficient (Wildman–Crippen LogP) is 4.97. The van der Waals surface area contributed by atoms with Gasteiger partial charge in [0, 0.05) is 24.2 Å². The van der Waals surface area contributed by atoms with Crippen molar-refractivity contribution in [3.05, 3.63) is 83.7 Å². The number of aromatic nitrogens is 3. The first-order valence-electron chi connectivity index (χ1n) is 10.3. The number of hydrogen-bond acceptors (Lipinski definition) is 3. The number of amides is 1. The van der Waals surface area contributed by atoms with Crippen LogP contribution >= 0.6 is 0 Å². The van der Waals surface area contributed by atoms with Crippen molar-refractivity contribution in [1.82, 2.24) is 20.3 Å². The second-order valence-electron chi connectivity index (χ2n) is 8.07. The standard InChI is InChI=1S/C24H19F3N4O/c25-16-3-1-14(2-4-16)22-21(18-9-17(26)10-19(27)23(18)31-22)15-7-13(8-15)11-29-24(32)20-5-6-28-12-30-20/h1-6,9-10,12-13,15,31H,7-8,11H2,(H,29,32)/t13-,15-. The number of hydrogen-bond donors (Lipinski definition) is 2. The zero-order chi connectivity index (χ0) is 22.2. The molecule has 2 N–H and O–H groups in total. The van der Waals surface area contributed by atoms with Gasteiger partial charge in [0.05, 0.1) is 11.2 Å². The molecule has 162 valence electrons. The van der Waals surface area contributed by atoms with E-state index >= 15 is 0 Å². The van der Waals surface area contributed by atoms with Crippen molar-refractivity contribution in [3.63, 3.8) is 0 Å². The third-order valence-electron chi connectivity index (χ3n) is 6.01. The quantitative estimate of drug-likeness (QED) is 0.464. The average Bonchev–Trinajstić information content (AvgIpc) is 3.13. The lowest BCUT2D eigenvalue weighted by Crippen LogP contribution is -2.35. The van der Waals surface area contributed by atoms with Crippen LogP contribution in [0, 0.1) is 23.4 Å². The molecule has 5 rings (SSSR count). The molecule has 0 radical (unpaired) electrons. The highest BCUT2D eigenvalue weighted by Gasteiger charge is 2.35. The molecule has 0 saturated heterocycles. The molecule has 4 aromatic rings. The molecule has 2 aromatic carbocycles. The van der Waals surface area contributed by atoms with Gasteiger partial charge < -0.3 is 10.3 Å². The van der Waals surface area contributed by atoms with Gasteiger partial charge >= 0.3 is 0 Å². The Morgan fingerprint density at radius 2 is 1.84 bits per heavy atom. The molecule has 0 unspecified atom stereocenters. The number of nitrogens with one attached hydrogen (secondary N) is 2. The van der Waals surface area contributed by atoms with E-state index in [0.29, 0.717) is 28.9 Å². The molecular weight excluding hydrogens is 417 g/mol. The van der Waals surface area contributed by atoms with Crippen molar-refractivity contribution in [2.45, 2.75) is 18.8 Å². The number of H-pyrrole nitrogens is 1. The third-order valence-corrected chi connectivity index (χ3v) is 6.01. The summed E-state index contributed by atoms with van der Waals surface area (Å²) in [4.78, 5) is 23.0. The first-order valence-corrected chi connectivity index (χ1v) is 10.3. The summed E-state index contributed by atoms with van der Waals surface area (Å²) in [6, 6.07) is 9.65. The van der Waals surface area contributed by atoms with E-state index in [-0.39, 0.29) is 29.1 Å². The Labute approximate surface area is 181 Å². The normalized spacial score (nSPS) is 17.8. The zero-order valence-corrected chi connectivity index (χ0v) is 16.9. The summed E-state index contributed by atoms with van der Waals surface area (Å²) in [5.41, 5.74) is 2.73. The molecule has 8 heteroatoms. The summed E-state index contributed by atoms with van der Waals surface area (Å²) in [5, 5.41) is 3.37. The fourth-order valence-electron chi connectivity index (χ4n) is 4.40. The number of rotatable bonds is 5. The second kappa shape index (κ2) is 8.11. The molecule has 2 heterocycles. The van der Waals surface area contributed by atoms with Gasteiger partial charge in [-0.2, -0.15) is 0 Å². The van der Waals surface area contributed by atoms with E-state index in [1.165, 1.54) is 30.7 Å². The lowest BCUT2D eigenvalue weighted by Gasteiger charge is -2.36. The van der Waals surface area contributed by atoms with Crippen LogP contribution in [0.15, 0.2) is 55.0 Å². The monoisotopic (exact) mass is 436 g/mol. The number of fused-ring (bicyclic) bond motifs is 1. The van der Waals surface area contributed by atoms with Gasteiger partial charge in [0.1, 0.15) is 29.5 Å². The van der Waals surface area contributed by atoms with Gasteiger partial charge in [-0.25, -0.2) is 23.1 Å². The van der Waals surface area contributed by atoms with Crippen molar-refractivity contribution in [2.24, 2.45) is 5.92 Å². The average molecular weight is 436 g/mol. The van der Waals surface area contributed by atoms with Gasteiger partial charge in [0.25, 0.3) is 5.91 Å². The van der Waals surface area contributed by atoms with Crippen LogP contribution in [-0.4, -0.2) is 27.4 Å². The molecule has 0 aliphatic heterocycles. The molecule has 0 atom stereocenters. The minimum atomic E-state index is -0.664. The fraction of sp³-hybridized carbons (Fsp3) is 0.208. The number of nitrogens with zero attached hydrogens (tertiary/aromatic N) is 2. The van der Waals surface area contributed by atoms with Gasteiger partial charge in [-0.15, -0.1) is 0 Å². The summed E-state index contributed by atoms with van der Waals surface area (Å²) in [6.45, 7) is 0.482. The molecule has 1 aliphatic rings. The first-order chi connectivity index (χ1) is 15.5. The van der Waals surface area contributed by atoms with Gasteiger partial charge in [0.15, 0.2) is 0 Å². The molecule has 1 amide bonds. The van der Waals surface area contributed by atoms with Gasteiger partial charge in [-0.1, -0.05) is 0 Å². The molecule has 2 aromatic heterocycles. The Morgan fingerprint density at radius 3 is 2.56 bits per heavy atom. The first kappa shape index (κ1) is 20.2. The van der Waals surface area contributed by atoms with E-state index in [4.69, 9.17) is 0 Å². The van der Waals surface area contributed by atoms with Crippen LogP contribution in [0.3, 0.4) is 0 Å². The summed E-state index contributed by atoms with van der Waals surface area (Å²) in [6.07, 6.45) is 4.33. The minimum absolute atomic E-state index is 0.0611. The number of halogens is 3. The summed E-state index contributed by atoms with van der Waals surface area (Å²) in [5.74, 6) is -1.65. The molecule has 0 bridgehead atoms. The van der Waals surface area contributed by atoms with E-state index in [2.05, 4.69) is 20.3 Å². The van der Waals surface area contributed by atoms with Crippen molar-refractivity contribution < 1.29 is 18.0 Å². The fourth-order valence-corrected chi connectivity index (χ4v) is 4.40. The van der Waals surface area contributed by atoms with Crippen LogP contribution in [0.25, 0.3) is 22.2 Å². The topological polar surface area (TPSA) is 70.7 Å². The van der Waals surface area contributed by atoms with E-state index in [1.54, 1.807) is 18.2 Å². The number of aromatic amines is 1. The van der Waals surface area contributed by atoms with Crippen LogP contribution < -0.4 is 5.32 Å². The minimum Gasteiger partial charge on any atom is -0.352 e. The molecule has 1 aliphatic carbocycles. The van der Waals surface area contributed by atoms with Gasteiger partial charge in [0.2, 0.25) is 0 Å². The molecule has 1 fully saturated rings. The van der Waals surface area contributed by atoms with Crippen LogP contribution in [0.2, 0.25) is 0 Å². The number of carbonyl (C=O) groups is 1. The maximum absolute atomic E-state index is 14.5. The lowest BCUT2D eigenvalue weighted by atomic mass is 9.70. The molecule has 32 heavy (non-hydrogen) atoms. The SMILES string of the molecule is O=C(NC[C@H]1C[C@H](c2c(-c3ccc(F)cc3)[nH]c3c(F)cc(F)cc32)C1)c1ccncn1. The lowest BCUT2D eigenvalue weighted by molar-refractivity contribution is 0.0930. The Kier molecular flexibility index (Phi) is 5.13. The van der Waals surface area contributed by atoms with Crippen LogP contribution in [0.4, 0.5) is 13.2 Å². The van der Waals surface area contributed by atoms with Crippen LogP contribution in [0.1, 0.15) is 34.8 Å². The Hall–Kier alpha value is -3.68. The van der Waals surface area contributed by atoms with Crippen molar-refractivity contribution in [3.8, 4) is 11.3 Å². The Bertz CT molecular complexity index is 1280. The highest BCUT2D eigenvalue weighted by Crippen LogP contribution is 2.48. The maximum Gasteiger partial charge on any atom is 0.270 e. The smallest absolute Gasteiger partial charge is 0.270 e. The molecule has 0 spiro atoms. The van der Waals surface area contributed by atoms with Gasteiger partial charge in [-0.3, -0.25) is 4.79 Å².